The van der Waals surface area contributed by atoms with Gasteiger partial charge in [0, 0.05) is 5.69 Å². The van der Waals surface area contributed by atoms with Gasteiger partial charge in [-0.3, -0.25) is 4.79 Å². The fourth-order valence-electron chi connectivity index (χ4n) is 1.58. The summed E-state index contributed by atoms with van der Waals surface area (Å²) in [4.78, 5) is 11.7. The first-order valence-corrected chi connectivity index (χ1v) is 6.16. The predicted molar refractivity (Wildman–Crippen MR) is 73.6 cm³/mol. The Hall–Kier alpha value is -2.63. The second kappa shape index (κ2) is 7.23. The lowest BCUT2D eigenvalue weighted by Crippen LogP contribution is -2.20. The van der Waals surface area contributed by atoms with E-state index in [0.29, 0.717) is 11.4 Å². The number of ether oxygens (including phenoxy) is 2. The Kier molecular flexibility index (Phi) is 5.09. The predicted octanol–water partition coefficient (Wildman–Crippen LogP) is 3.31. The minimum atomic E-state index is -2.87. The van der Waals surface area contributed by atoms with Crippen molar-refractivity contribution in [3.63, 3.8) is 0 Å². The maximum atomic E-state index is 12.0. The van der Waals surface area contributed by atoms with Crippen LogP contribution in [0.25, 0.3) is 0 Å². The highest BCUT2D eigenvalue weighted by Gasteiger charge is 2.06. The summed E-state index contributed by atoms with van der Waals surface area (Å²) in [6.45, 7) is -3.01. The molecule has 21 heavy (non-hydrogen) atoms. The Balaban J connectivity index is 1.82. The molecule has 2 aromatic carbocycles. The van der Waals surface area contributed by atoms with Gasteiger partial charge in [-0.25, -0.2) is 0 Å². The monoisotopic (exact) mass is 293 g/mol. The van der Waals surface area contributed by atoms with Crippen LogP contribution in [0.2, 0.25) is 0 Å². The largest absolute Gasteiger partial charge is 0.484 e. The van der Waals surface area contributed by atoms with Crippen molar-refractivity contribution in [1.82, 2.24) is 0 Å². The van der Waals surface area contributed by atoms with Crippen molar-refractivity contribution in [3.05, 3.63) is 54.6 Å². The molecule has 0 heterocycles. The molecule has 0 aromatic heterocycles. The molecule has 0 atom stereocenters. The molecule has 0 aliphatic heterocycles. The van der Waals surface area contributed by atoms with Crippen molar-refractivity contribution in [2.45, 2.75) is 6.61 Å². The molecular formula is C15H13F2NO3. The molecule has 0 unspecified atom stereocenters. The van der Waals surface area contributed by atoms with Gasteiger partial charge in [0.2, 0.25) is 0 Å². The Morgan fingerprint density at radius 3 is 2.29 bits per heavy atom. The second-order valence-electron chi connectivity index (χ2n) is 4.05. The normalized spacial score (nSPS) is 10.2. The SMILES string of the molecule is O=C(COc1ccccc1)Nc1ccc(OC(F)F)cc1. The van der Waals surface area contributed by atoms with Crippen LogP contribution in [0.15, 0.2) is 54.6 Å². The second-order valence-corrected chi connectivity index (χ2v) is 4.05. The number of para-hydroxylation sites is 1. The van der Waals surface area contributed by atoms with E-state index in [1.807, 2.05) is 6.07 Å². The number of amides is 1. The van der Waals surface area contributed by atoms with Crippen molar-refractivity contribution in [2.24, 2.45) is 0 Å². The van der Waals surface area contributed by atoms with Crippen LogP contribution < -0.4 is 14.8 Å². The topological polar surface area (TPSA) is 47.6 Å². The third-order valence-corrected chi connectivity index (χ3v) is 2.48. The van der Waals surface area contributed by atoms with Gasteiger partial charge in [-0.1, -0.05) is 18.2 Å². The Labute approximate surface area is 120 Å². The molecule has 2 aromatic rings. The Bertz CT molecular complexity index is 573. The van der Waals surface area contributed by atoms with Gasteiger partial charge in [0.1, 0.15) is 11.5 Å². The first-order valence-electron chi connectivity index (χ1n) is 6.16. The third kappa shape index (κ3) is 5.10. The Morgan fingerprint density at radius 2 is 1.67 bits per heavy atom. The standard InChI is InChI=1S/C15H13F2NO3/c16-15(17)21-13-8-6-11(7-9-13)18-14(19)10-20-12-4-2-1-3-5-12/h1-9,15H,10H2,(H,18,19). The van der Waals surface area contributed by atoms with Crippen LogP contribution in [0.1, 0.15) is 0 Å². The zero-order valence-corrected chi connectivity index (χ0v) is 11.0. The summed E-state index contributed by atoms with van der Waals surface area (Å²) < 4.78 is 33.5. The number of alkyl halides is 2. The summed E-state index contributed by atoms with van der Waals surface area (Å²) in [5.41, 5.74) is 0.471. The van der Waals surface area contributed by atoms with E-state index in [1.165, 1.54) is 24.3 Å². The third-order valence-electron chi connectivity index (χ3n) is 2.48. The number of anilines is 1. The number of carbonyl (C=O) groups is 1. The molecule has 0 aliphatic rings. The van der Waals surface area contributed by atoms with Crippen LogP contribution in [0.3, 0.4) is 0 Å². The summed E-state index contributed by atoms with van der Waals surface area (Å²) >= 11 is 0. The molecule has 0 bridgehead atoms. The first-order chi connectivity index (χ1) is 10.1. The zero-order valence-electron chi connectivity index (χ0n) is 11.0. The maximum absolute atomic E-state index is 12.0. The molecule has 0 saturated carbocycles. The molecule has 0 saturated heterocycles. The molecule has 4 nitrogen and oxygen atoms in total. The van der Waals surface area contributed by atoms with Crippen LogP contribution in [0.5, 0.6) is 11.5 Å². The molecule has 0 spiro atoms. The molecule has 0 aliphatic carbocycles. The van der Waals surface area contributed by atoms with Crippen LogP contribution in [0, 0.1) is 0 Å². The lowest BCUT2D eigenvalue weighted by Gasteiger charge is -2.08. The van der Waals surface area contributed by atoms with Gasteiger partial charge in [-0.15, -0.1) is 0 Å². The van der Waals surface area contributed by atoms with Crippen molar-refractivity contribution in [3.8, 4) is 11.5 Å². The minimum Gasteiger partial charge on any atom is -0.484 e. The quantitative estimate of drug-likeness (QED) is 0.889. The van der Waals surface area contributed by atoms with Crippen LogP contribution in [-0.2, 0) is 4.79 Å². The summed E-state index contributed by atoms with van der Waals surface area (Å²) in [7, 11) is 0. The molecule has 6 heteroatoms. The highest BCUT2D eigenvalue weighted by molar-refractivity contribution is 5.91. The van der Waals surface area contributed by atoms with Crippen molar-refractivity contribution in [2.75, 3.05) is 11.9 Å². The first kappa shape index (κ1) is 14.8. The average molecular weight is 293 g/mol. The highest BCUT2D eigenvalue weighted by Crippen LogP contribution is 2.17. The van der Waals surface area contributed by atoms with Gasteiger partial charge in [0.05, 0.1) is 0 Å². The zero-order chi connectivity index (χ0) is 15.1. The van der Waals surface area contributed by atoms with E-state index < -0.39 is 6.61 Å². The molecule has 110 valence electrons. The number of hydrogen-bond donors (Lipinski definition) is 1. The van der Waals surface area contributed by atoms with E-state index >= 15 is 0 Å². The number of carbonyl (C=O) groups excluding carboxylic acids is 1. The van der Waals surface area contributed by atoms with Crippen LogP contribution in [0.4, 0.5) is 14.5 Å². The average Bonchev–Trinajstić information content (AvgIpc) is 2.48. The minimum absolute atomic E-state index is 0.0311. The van der Waals surface area contributed by atoms with Crippen molar-refractivity contribution in [1.29, 1.82) is 0 Å². The van der Waals surface area contributed by atoms with Gasteiger partial charge in [0.25, 0.3) is 5.91 Å². The van der Waals surface area contributed by atoms with E-state index in [2.05, 4.69) is 10.1 Å². The van der Waals surface area contributed by atoms with E-state index in [9.17, 15) is 13.6 Å². The maximum Gasteiger partial charge on any atom is 0.387 e. The summed E-state index contributed by atoms with van der Waals surface area (Å²) in [5.74, 6) is 0.276. The van der Waals surface area contributed by atoms with Gasteiger partial charge in [-0.2, -0.15) is 8.78 Å². The van der Waals surface area contributed by atoms with Crippen molar-refractivity contribution < 1.29 is 23.0 Å². The van der Waals surface area contributed by atoms with Crippen molar-refractivity contribution >= 4 is 11.6 Å². The molecule has 0 radical (unpaired) electrons. The lowest BCUT2D eigenvalue weighted by molar-refractivity contribution is -0.118. The van der Waals surface area contributed by atoms with E-state index in [4.69, 9.17) is 4.74 Å². The number of hydrogen-bond acceptors (Lipinski definition) is 3. The fraction of sp³-hybridized carbons (Fsp3) is 0.133. The smallest absolute Gasteiger partial charge is 0.387 e. The molecule has 1 N–H and O–H groups in total. The Morgan fingerprint density at radius 1 is 1.00 bits per heavy atom. The summed E-state index contributed by atoms with van der Waals surface area (Å²) in [6.07, 6.45) is 0. The van der Waals surface area contributed by atoms with Crippen LogP contribution >= 0.6 is 0 Å². The van der Waals surface area contributed by atoms with Gasteiger partial charge in [0.15, 0.2) is 6.61 Å². The number of rotatable bonds is 6. The molecular weight excluding hydrogens is 280 g/mol. The highest BCUT2D eigenvalue weighted by atomic mass is 19.3. The lowest BCUT2D eigenvalue weighted by atomic mass is 10.3. The molecule has 2 rings (SSSR count). The van der Waals surface area contributed by atoms with Crippen LogP contribution in [-0.4, -0.2) is 19.1 Å². The van der Waals surface area contributed by atoms with Gasteiger partial charge < -0.3 is 14.8 Å². The molecule has 1 amide bonds. The number of nitrogens with one attached hydrogen (secondary N) is 1. The summed E-state index contributed by atoms with van der Waals surface area (Å²) in [5, 5.41) is 2.59. The summed E-state index contributed by atoms with van der Waals surface area (Å²) in [6, 6.07) is 14.6. The van der Waals surface area contributed by atoms with E-state index in [0.717, 1.165) is 0 Å². The van der Waals surface area contributed by atoms with E-state index in [-0.39, 0.29) is 18.3 Å². The molecule has 0 fully saturated rings. The number of halogens is 2. The van der Waals surface area contributed by atoms with Gasteiger partial charge in [-0.05, 0) is 36.4 Å². The van der Waals surface area contributed by atoms with E-state index in [1.54, 1.807) is 24.3 Å². The number of benzene rings is 2. The fourth-order valence-corrected chi connectivity index (χ4v) is 1.58. The van der Waals surface area contributed by atoms with Gasteiger partial charge >= 0.3 is 6.61 Å².